The maximum absolute atomic E-state index is 12.4. The number of aromatic nitrogens is 1. The molecule has 0 amide bonds. The second-order valence-corrected chi connectivity index (χ2v) is 7.02. The Morgan fingerprint density at radius 1 is 1.11 bits per heavy atom. The van der Waals surface area contributed by atoms with Crippen LogP contribution in [0.1, 0.15) is 35.3 Å². The van der Waals surface area contributed by atoms with Crippen molar-refractivity contribution in [3.05, 3.63) is 59.3 Å². The molecular formula is C21H27N3O3. The molecule has 1 aromatic heterocycles. The molecule has 0 radical (unpaired) electrons. The first-order valence-corrected chi connectivity index (χ1v) is 9.39. The Hall–Kier alpha value is -2.44. The molecule has 1 aliphatic rings. The quantitative estimate of drug-likeness (QED) is 0.789. The highest BCUT2D eigenvalue weighted by Crippen LogP contribution is 2.21. The van der Waals surface area contributed by atoms with Gasteiger partial charge in [-0.1, -0.05) is 24.3 Å². The second-order valence-electron chi connectivity index (χ2n) is 7.02. The van der Waals surface area contributed by atoms with E-state index in [-0.39, 0.29) is 18.7 Å². The molecule has 3 rings (SSSR count). The fraction of sp³-hybridized carbons (Fsp3) is 0.429. The lowest BCUT2D eigenvalue weighted by atomic mass is 10.1. The van der Waals surface area contributed by atoms with E-state index in [0.717, 1.165) is 43.9 Å². The molecule has 6 heteroatoms. The zero-order valence-electron chi connectivity index (χ0n) is 16.0. The molecule has 0 unspecified atom stereocenters. The highest BCUT2D eigenvalue weighted by molar-refractivity contribution is 5.94. The average Bonchev–Trinajstić information content (AvgIpc) is 2.68. The Kier molecular flexibility index (Phi) is 6.42. The highest BCUT2D eigenvalue weighted by Gasteiger charge is 2.24. The monoisotopic (exact) mass is 369 g/mol. The lowest BCUT2D eigenvalue weighted by molar-refractivity contribution is 0.0378. The minimum atomic E-state index is -0.326. The van der Waals surface area contributed by atoms with Crippen molar-refractivity contribution in [1.29, 1.82) is 0 Å². The highest BCUT2D eigenvalue weighted by atomic mass is 16.5. The van der Waals surface area contributed by atoms with Crippen LogP contribution in [0.3, 0.4) is 0 Å². The second kappa shape index (κ2) is 8.97. The summed E-state index contributed by atoms with van der Waals surface area (Å²) in [6.07, 6.45) is 1.56. The zero-order chi connectivity index (χ0) is 19.2. The van der Waals surface area contributed by atoms with E-state index in [1.165, 1.54) is 0 Å². The Morgan fingerprint density at radius 3 is 2.48 bits per heavy atom. The molecule has 1 aromatic carbocycles. The van der Waals surface area contributed by atoms with Gasteiger partial charge in [0.25, 0.3) is 0 Å². The Morgan fingerprint density at radius 2 is 1.81 bits per heavy atom. The van der Waals surface area contributed by atoms with Crippen molar-refractivity contribution in [2.75, 3.05) is 31.1 Å². The van der Waals surface area contributed by atoms with E-state index in [9.17, 15) is 9.90 Å². The first-order valence-electron chi connectivity index (χ1n) is 9.39. The number of rotatable bonds is 6. The lowest BCUT2D eigenvalue weighted by Gasteiger charge is -2.36. The van der Waals surface area contributed by atoms with E-state index in [1.807, 2.05) is 32.0 Å². The first kappa shape index (κ1) is 19.3. The molecule has 6 nitrogen and oxygen atoms in total. The number of pyridine rings is 1. The predicted octanol–water partition coefficient (Wildman–Crippen LogP) is 2.46. The number of aliphatic hydroxyl groups is 1. The van der Waals surface area contributed by atoms with Crippen molar-refractivity contribution in [3.63, 3.8) is 0 Å². The molecular weight excluding hydrogens is 342 g/mol. The van der Waals surface area contributed by atoms with Gasteiger partial charge in [0.05, 0.1) is 12.7 Å². The third kappa shape index (κ3) is 4.84. The number of hydrogen-bond acceptors (Lipinski definition) is 6. The molecule has 0 spiro atoms. The smallest absolute Gasteiger partial charge is 0.342 e. The van der Waals surface area contributed by atoms with Crippen LogP contribution in [0.15, 0.2) is 42.6 Å². The molecule has 0 bridgehead atoms. The van der Waals surface area contributed by atoms with Crippen LogP contribution >= 0.6 is 0 Å². The van der Waals surface area contributed by atoms with Crippen LogP contribution in [0.2, 0.25) is 0 Å². The summed E-state index contributed by atoms with van der Waals surface area (Å²) in [7, 11) is 0. The minimum Gasteiger partial charge on any atom is -0.459 e. The maximum Gasteiger partial charge on any atom is 0.342 e. The Labute approximate surface area is 160 Å². The van der Waals surface area contributed by atoms with E-state index in [1.54, 1.807) is 18.3 Å². The fourth-order valence-electron chi connectivity index (χ4n) is 3.31. The number of anilines is 1. The van der Waals surface area contributed by atoms with Crippen LogP contribution < -0.4 is 4.90 Å². The molecule has 1 N–H and O–H groups in total. The van der Waals surface area contributed by atoms with E-state index in [4.69, 9.17) is 4.74 Å². The van der Waals surface area contributed by atoms with Crippen LogP contribution in [0.5, 0.6) is 0 Å². The summed E-state index contributed by atoms with van der Waals surface area (Å²) < 4.78 is 5.35. The molecule has 144 valence electrons. The van der Waals surface area contributed by atoms with Crippen LogP contribution in [0.4, 0.5) is 5.82 Å². The van der Waals surface area contributed by atoms with E-state index in [2.05, 4.69) is 20.9 Å². The summed E-state index contributed by atoms with van der Waals surface area (Å²) in [6, 6.07) is 11.5. The number of benzene rings is 1. The zero-order valence-corrected chi connectivity index (χ0v) is 16.0. The number of carbonyl (C=O) groups is 1. The molecule has 2 aromatic rings. The molecule has 27 heavy (non-hydrogen) atoms. The van der Waals surface area contributed by atoms with Crippen LogP contribution in [-0.4, -0.2) is 53.2 Å². The van der Waals surface area contributed by atoms with Gasteiger partial charge in [-0.2, -0.15) is 0 Å². The van der Waals surface area contributed by atoms with Gasteiger partial charge in [-0.3, -0.25) is 4.90 Å². The SMILES string of the molecule is CC(C)OC(=O)c1cccnc1N1CCN(Cc2ccccc2CO)CC1. The fourth-order valence-corrected chi connectivity index (χ4v) is 3.31. The summed E-state index contributed by atoms with van der Waals surface area (Å²) in [6.45, 7) is 7.89. The maximum atomic E-state index is 12.4. The van der Waals surface area contributed by atoms with Gasteiger partial charge in [-0.25, -0.2) is 9.78 Å². The number of hydrogen-bond donors (Lipinski definition) is 1. The number of carbonyl (C=O) groups excluding carboxylic acids is 1. The van der Waals surface area contributed by atoms with Gasteiger partial charge < -0.3 is 14.7 Å². The van der Waals surface area contributed by atoms with Crippen LogP contribution in [-0.2, 0) is 17.9 Å². The Bertz CT molecular complexity index is 771. The van der Waals surface area contributed by atoms with E-state index in [0.29, 0.717) is 11.4 Å². The van der Waals surface area contributed by atoms with Crippen LogP contribution in [0, 0.1) is 0 Å². The topological polar surface area (TPSA) is 65.9 Å². The molecule has 2 heterocycles. The number of ether oxygens (including phenoxy) is 1. The first-order chi connectivity index (χ1) is 13.1. The van der Waals surface area contributed by atoms with Gasteiger partial charge in [-0.05, 0) is 37.1 Å². The van der Waals surface area contributed by atoms with Crippen molar-refractivity contribution in [1.82, 2.24) is 9.88 Å². The number of nitrogens with zero attached hydrogens (tertiary/aromatic N) is 3. The van der Waals surface area contributed by atoms with Crippen LogP contribution in [0.25, 0.3) is 0 Å². The van der Waals surface area contributed by atoms with Gasteiger partial charge in [0.15, 0.2) is 0 Å². The molecule has 0 atom stereocenters. The summed E-state index contributed by atoms with van der Waals surface area (Å²) in [5.74, 6) is 0.367. The summed E-state index contributed by atoms with van der Waals surface area (Å²) in [5.41, 5.74) is 2.65. The molecule has 1 aliphatic heterocycles. The van der Waals surface area contributed by atoms with Gasteiger partial charge in [-0.15, -0.1) is 0 Å². The summed E-state index contributed by atoms with van der Waals surface area (Å²) >= 11 is 0. The van der Waals surface area contributed by atoms with Crippen molar-refractivity contribution in [2.45, 2.75) is 33.1 Å². The average molecular weight is 369 g/mol. The van der Waals surface area contributed by atoms with Gasteiger partial charge in [0.2, 0.25) is 0 Å². The van der Waals surface area contributed by atoms with Crippen molar-refractivity contribution >= 4 is 11.8 Å². The number of aliphatic hydroxyl groups excluding tert-OH is 1. The van der Waals surface area contributed by atoms with Gasteiger partial charge >= 0.3 is 5.97 Å². The normalized spacial score (nSPS) is 15.2. The minimum absolute atomic E-state index is 0.0609. The van der Waals surface area contributed by atoms with Gasteiger partial charge in [0, 0.05) is 38.9 Å². The standard InChI is InChI=1S/C21H27N3O3/c1-16(2)27-21(26)19-8-5-9-22-20(19)24-12-10-23(11-13-24)14-17-6-3-4-7-18(17)15-25/h3-9,16,25H,10-15H2,1-2H3. The lowest BCUT2D eigenvalue weighted by Crippen LogP contribution is -2.46. The van der Waals surface area contributed by atoms with Crippen molar-refractivity contribution in [3.8, 4) is 0 Å². The summed E-state index contributed by atoms with van der Waals surface area (Å²) in [4.78, 5) is 21.3. The predicted molar refractivity (Wildman–Crippen MR) is 105 cm³/mol. The number of esters is 1. The van der Waals surface area contributed by atoms with E-state index >= 15 is 0 Å². The van der Waals surface area contributed by atoms with Crippen molar-refractivity contribution < 1.29 is 14.6 Å². The van der Waals surface area contributed by atoms with E-state index < -0.39 is 0 Å². The number of piperazine rings is 1. The van der Waals surface area contributed by atoms with Crippen molar-refractivity contribution in [2.24, 2.45) is 0 Å². The third-order valence-corrected chi connectivity index (χ3v) is 4.70. The Balaban J connectivity index is 1.65. The molecule has 0 saturated carbocycles. The molecule has 1 saturated heterocycles. The molecule has 0 aliphatic carbocycles. The largest absolute Gasteiger partial charge is 0.459 e. The third-order valence-electron chi connectivity index (χ3n) is 4.70. The van der Waals surface area contributed by atoms with Gasteiger partial charge in [0.1, 0.15) is 11.4 Å². The molecule has 1 fully saturated rings. The summed E-state index contributed by atoms with van der Waals surface area (Å²) in [5, 5.41) is 9.50.